The summed E-state index contributed by atoms with van der Waals surface area (Å²) < 4.78 is 52.2. The number of alkyl halides is 3. The molecule has 1 rings (SSSR count). The van der Waals surface area contributed by atoms with E-state index in [0.717, 1.165) is 0 Å². The minimum absolute atomic E-state index is 0.270. The monoisotopic (exact) mass is 279 g/mol. The molecular weight excluding hydrogens is 263 g/mol. The summed E-state index contributed by atoms with van der Waals surface area (Å²) >= 11 is 0. The van der Waals surface area contributed by atoms with Gasteiger partial charge in [-0.1, -0.05) is 0 Å². The van der Waals surface area contributed by atoms with Crippen molar-refractivity contribution in [2.45, 2.75) is 18.6 Å². The van der Waals surface area contributed by atoms with Crippen LogP contribution in [0.3, 0.4) is 0 Å². The van der Waals surface area contributed by atoms with E-state index in [4.69, 9.17) is 19.9 Å². The molecule has 0 aliphatic carbocycles. The molecule has 19 heavy (non-hydrogen) atoms. The van der Waals surface area contributed by atoms with Crippen molar-refractivity contribution in [1.82, 2.24) is 0 Å². The fraction of sp³-hybridized carbons (Fsp3) is 0.500. The van der Waals surface area contributed by atoms with Crippen molar-refractivity contribution in [2.24, 2.45) is 5.73 Å². The Balaban J connectivity index is 3.15. The first-order valence-electron chi connectivity index (χ1n) is 5.44. The topological polar surface area (TPSA) is 53.7 Å². The normalized spacial score (nSPS) is 13.0. The van der Waals surface area contributed by atoms with Crippen molar-refractivity contribution in [2.75, 3.05) is 21.3 Å². The highest BCUT2D eigenvalue weighted by Gasteiger charge is 2.31. The van der Waals surface area contributed by atoms with Gasteiger partial charge in [0.15, 0.2) is 11.5 Å². The summed E-state index contributed by atoms with van der Waals surface area (Å²) in [4.78, 5) is 0. The summed E-state index contributed by atoms with van der Waals surface area (Å²) in [7, 11) is 4.18. The largest absolute Gasteiger partial charge is 0.493 e. The van der Waals surface area contributed by atoms with E-state index < -0.39 is 18.6 Å². The van der Waals surface area contributed by atoms with E-state index in [2.05, 4.69) is 0 Å². The van der Waals surface area contributed by atoms with Gasteiger partial charge in [0.05, 0.1) is 27.8 Å². The zero-order chi connectivity index (χ0) is 14.6. The molecule has 0 aliphatic heterocycles. The van der Waals surface area contributed by atoms with E-state index in [1.807, 2.05) is 0 Å². The third kappa shape index (κ3) is 3.92. The van der Waals surface area contributed by atoms with Crippen LogP contribution in [0.15, 0.2) is 12.1 Å². The second-order valence-electron chi connectivity index (χ2n) is 3.88. The average molecular weight is 279 g/mol. The summed E-state index contributed by atoms with van der Waals surface area (Å²) in [6.45, 7) is 0. The minimum Gasteiger partial charge on any atom is -0.493 e. The number of hydrogen-bond acceptors (Lipinski definition) is 4. The highest BCUT2D eigenvalue weighted by Crippen LogP contribution is 2.40. The van der Waals surface area contributed by atoms with E-state index in [0.29, 0.717) is 5.75 Å². The number of rotatable bonds is 5. The van der Waals surface area contributed by atoms with Gasteiger partial charge in [0.25, 0.3) is 0 Å². The van der Waals surface area contributed by atoms with Crippen molar-refractivity contribution in [3.05, 3.63) is 17.7 Å². The van der Waals surface area contributed by atoms with Gasteiger partial charge in [-0.2, -0.15) is 13.2 Å². The molecule has 0 aliphatic rings. The Kier molecular flexibility index (Phi) is 4.88. The molecule has 0 amide bonds. The van der Waals surface area contributed by atoms with Gasteiger partial charge in [-0.3, -0.25) is 0 Å². The number of methoxy groups -OCH3 is 3. The van der Waals surface area contributed by atoms with Crippen molar-refractivity contribution < 1.29 is 27.4 Å². The van der Waals surface area contributed by atoms with Gasteiger partial charge in [0, 0.05) is 6.04 Å². The third-order valence-corrected chi connectivity index (χ3v) is 2.57. The molecule has 2 N–H and O–H groups in total. The second-order valence-corrected chi connectivity index (χ2v) is 3.88. The van der Waals surface area contributed by atoms with E-state index in [-0.39, 0.29) is 17.1 Å². The number of hydrogen-bond donors (Lipinski definition) is 1. The first-order valence-corrected chi connectivity index (χ1v) is 5.44. The average Bonchev–Trinajstić information content (AvgIpc) is 2.34. The maximum atomic E-state index is 12.3. The van der Waals surface area contributed by atoms with Crippen LogP contribution in [0.5, 0.6) is 17.2 Å². The Morgan fingerprint density at radius 1 is 1.05 bits per heavy atom. The zero-order valence-corrected chi connectivity index (χ0v) is 10.9. The molecule has 0 aromatic heterocycles. The summed E-state index contributed by atoms with van der Waals surface area (Å²) in [6, 6.07) is 1.64. The highest BCUT2D eigenvalue weighted by atomic mass is 19.4. The summed E-state index contributed by atoms with van der Waals surface area (Å²) in [5.74, 6) is 0.858. The van der Waals surface area contributed by atoms with Crippen LogP contribution in [-0.4, -0.2) is 27.5 Å². The molecule has 1 aromatic rings. The fourth-order valence-corrected chi connectivity index (χ4v) is 1.68. The van der Waals surface area contributed by atoms with Crippen LogP contribution >= 0.6 is 0 Å². The standard InChI is InChI=1S/C12H16F3NO3/c1-17-9-4-7(8(16)6-12(13,14)15)5-10(18-2)11(9)19-3/h4-5,8H,6,16H2,1-3H3/t8-/m0/s1. The molecule has 0 radical (unpaired) electrons. The summed E-state index contributed by atoms with van der Waals surface area (Å²) in [6.07, 6.45) is -5.45. The van der Waals surface area contributed by atoms with Crippen LogP contribution in [0.1, 0.15) is 18.0 Å². The van der Waals surface area contributed by atoms with Crippen LogP contribution in [0.2, 0.25) is 0 Å². The summed E-state index contributed by atoms with van der Waals surface area (Å²) in [5, 5.41) is 0. The molecule has 4 nitrogen and oxygen atoms in total. The highest BCUT2D eigenvalue weighted by molar-refractivity contribution is 5.54. The van der Waals surface area contributed by atoms with Gasteiger partial charge >= 0.3 is 6.18 Å². The molecule has 0 heterocycles. The van der Waals surface area contributed by atoms with Crippen LogP contribution in [-0.2, 0) is 0 Å². The Morgan fingerprint density at radius 2 is 1.53 bits per heavy atom. The molecule has 1 aromatic carbocycles. The van der Waals surface area contributed by atoms with Crippen molar-refractivity contribution in [3.63, 3.8) is 0 Å². The number of nitrogens with two attached hydrogens (primary N) is 1. The molecule has 0 spiro atoms. The van der Waals surface area contributed by atoms with Gasteiger partial charge in [-0.25, -0.2) is 0 Å². The molecular formula is C12H16F3NO3. The van der Waals surface area contributed by atoms with Gasteiger partial charge in [-0.05, 0) is 17.7 Å². The van der Waals surface area contributed by atoms with E-state index in [1.165, 1.54) is 33.5 Å². The quantitative estimate of drug-likeness (QED) is 0.900. The maximum Gasteiger partial charge on any atom is 0.390 e. The van der Waals surface area contributed by atoms with Crippen LogP contribution in [0.25, 0.3) is 0 Å². The second kappa shape index (κ2) is 6.01. The number of benzene rings is 1. The molecule has 7 heteroatoms. The lowest BCUT2D eigenvalue weighted by Gasteiger charge is -2.18. The van der Waals surface area contributed by atoms with Crippen LogP contribution in [0.4, 0.5) is 13.2 Å². The summed E-state index contributed by atoms with van der Waals surface area (Å²) in [5.41, 5.74) is 5.82. The van der Waals surface area contributed by atoms with Gasteiger partial charge in [0.2, 0.25) is 5.75 Å². The van der Waals surface area contributed by atoms with E-state index in [9.17, 15) is 13.2 Å². The predicted octanol–water partition coefficient (Wildman–Crippen LogP) is 2.66. The van der Waals surface area contributed by atoms with Gasteiger partial charge < -0.3 is 19.9 Å². The lowest BCUT2D eigenvalue weighted by atomic mass is 10.0. The van der Waals surface area contributed by atoms with Crippen LogP contribution in [0, 0.1) is 0 Å². The van der Waals surface area contributed by atoms with E-state index in [1.54, 1.807) is 0 Å². The number of halogens is 3. The maximum absolute atomic E-state index is 12.3. The van der Waals surface area contributed by atoms with Crippen molar-refractivity contribution in [1.29, 1.82) is 0 Å². The smallest absolute Gasteiger partial charge is 0.390 e. The first-order chi connectivity index (χ1) is 8.82. The molecule has 0 saturated carbocycles. The SMILES string of the molecule is COc1cc([C@@H](N)CC(F)(F)F)cc(OC)c1OC. The third-order valence-electron chi connectivity index (χ3n) is 2.57. The Hall–Kier alpha value is -1.63. The predicted molar refractivity (Wildman–Crippen MR) is 63.7 cm³/mol. The van der Waals surface area contributed by atoms with E-state index >= 15 is 0 Å². The molecule has 0 fully saturated rings. The lowest BCUT2D eigenvalue weighted by Crippen LogP contribution is -2.20. The number of ether oxygens (including phenoxy) is 3. The minimum atomic E-state index is -4.33. The lowest BCUT2D eigenvalue weighted by molar-refractivity contribution is -0.138. The van der Waals surface area contributed by atoms with Crippen molar-refractivity contribution in [3.8, 4) is 17.2 Å². The molecule has 1 atom stereocenters. The van der Waals surface area contributed by atoms with Crippen molar-refractivity contribution >= 4 is 0 Å². The molecule has 108 valence electrons. The zero-order valence-electron chi connectivity index (χ0n) is 10.9. The Labute approximate surface area is 109 Å². The molecule has 0 saturated heterocycles. The molecule has 0 bridgehead atoms. The first kappa shape index (κ1) is 15.4. The molecule has 0 unspecified atom stereocenters. The van der Waals surface area contributed by atoms with Gasteiger partial charge in [-0.15, -0.1) is 0 Å². The Bertz CT molecular complexity index is 410. The van der Waals surface area contributed by atoms with Crippen LogP contribution < -0.4 is 19.9 Å². The Morgan fingerprint density at radius 3 is 1.84 bits per heavy atom. The fourth-order valence-electron chi connectivity index (χ4n) is 1.68. The van der Waals surface area contributed by atoms with Gasteiger partial charge in [0.1, 0.15) is 0 Å².